The molecule has 0 bridgehead atoms. The lowest BCUT2D eigenvalue weighted by atomic mass is 9.97. The van der Waals surface area contributed by atoms with Gasteiger partial charge in [0.1, 0.15) is 5.52 Å². The molecule has 0 saturated heterocycles. The lowest BCUT2D eigenvalue weighted by Gasteiger charge is -2.16. The van der Waals surface area contributed by atoms with Crippen molar-refractivity contribution in [3.63, 3.8) is 0 Å². The third-order valence-electron chi connectivity index (χ3n) is 5.08. The normalized spacial score (nSPS) is 11.6. The van der Waals surface area contributed by atoms with Gasteiger partial charge in [-0.2, -0.15) is 13.2 Å². The maximum absolute atomic E-state index is 13.2. The Hall–Kier alpha value is -3.74. The second-order valence-corrected chi connectivity index (χ2v) is 7.16. The van der Waals surface area contributed by atoms with Crippen molar-refractivity contribution in [2.75, 3.05) is 0 Å². The van der Waals surface area contributed by atoms with Gasteiger partial charge in [-0.15, -0.1) is 0 Å². The minimum atomic E-state index is -4.44. The Kier molecular flexibility index (Phi) is 5.19. The van der Waals surface area contributed by atoms with E-state index in [1.807, 2.05) is 6.07 Å². The molecule has 31 heavy (non-hydrogen) atoms. The summed E-state index contributed by atoms with van der Waals surface area (Å²) in [6, 6.07) is 15.7. The zero-order chi connectivity index (χ0) is 22.2. The molecule has 7 heteroatoms. The number of aromatic nitrogens is 2. The molecule has 0 aliphatic rings. The minimum Gasteiger partial charge on any atom is -0.341 e. The Labute approximate surface area is 175 Å². The van der Waals surface area contributed by atoms with Crippen LogP contribution in [0.1, 0.15) is 28.4 Å². The predicted molar refractivity (Wildman–Crippen MR) is 112 cm³/mol. The number of halogens is 3. The first kappa shape index (κ1) is 20.5. The molecule has 2 aromatic carbocycles. The molecular weight excluding hydrogens is 405 g/mol. The number of carbonyl (C=O) groups excluding carboxylic acids is 1. The van der Waals surface area contributed by atoms with E-state index in [4.69, 9.17) is 0 Å². The Morgan fingerprint density at radius 2 is 1.81 bits per heavy atom. The van der Waals surface area contributed by atoms with Crippen LogP contribution in [0, 0.1) is 0 Å². The van der Waals surface area contributed by atoms with Crippen LogP contribution >= 0.6 is 0 Å². The molecule has 0 spiro atoms. The van der Waals surface area contributed by atoms with Crippen molar-refractivity contribution in [2.45, 2.75) is 19.6 Å². The molecule has 0 fully saturated rings. The third kappa shape index (κ3) is 3.99. The summed E-state index contributed by atoms with van der Waals surface area (Å²) < 4.78 is 41.3. The number of nitrogens with zero attached hydrogens (tertiary/aromatic N) is 2. The third-order valence-corrected chi connectivity index (χ3v) is 5.08. The summed E-state index contributed by atoms with van der Waals surface area (Å²) in [5, 5.41) is 0. The van der Waals surface area contributed by atoms with E-state index in [-0.39, 0.29) is 23.4 Å². The molecule has 4 aromatic rings. The van der Waals surface area contributed by atoms with E-state index < -0.39 is 17.2 Å². The highest BCUT2D eigenvalue weighted by Crippen LogP contribution is 2.33. The average molecular weight is 422 g/mol. The van der Waals surface area contributed by atoms with E-state index in [9.17, 15) is 22.8 Å². The van der Waals surface area contributed by atoms with Gasteiger partial charge in [0, 0.05) is 18.9 Å². The van der Waals surface area contributed by atoms with E-state index in [0.29, 0.717) is 16.6 Å². The SMILES string of the molecule is CC(=O)c1cn(Cc2ccccc2-c2cccc(C(F)(F)F)c2)c2cccnc2c1=O. The molecule has 2 heterocycles. The molecule has 0 amide bonds. The van der Waals surface area contributed by atoms with Crippen LogP contribution in [-0.4, -0.2) is 15.3 Å². The number of ketones is 1. The van der Waals surface area contributed by atoms with Crippen molar-refractivity contribution >= 4 is 16.8 Å². The molecule has 0 atom stereocenters. The van der Waals surface area contributed by atoms with Crippen molar-refractivity contribution in [2.24, 2.45) is 0 Å². The Morgan fingerprint density at radius 1 is 1.03 bits per heavy atom. The first-order valence-corrected chi connectivity index (χ1v) is 9.50. The first-order valence-electron chi connectivity index (χ1n) is 9.50. The summed E-state index contributed by atoms with van der Waals surface area (Å²) in [6.45, 7) is 1.56. The van der Waals surface area contributed by atoms with Crippen LogP contribution < -0.4 is 5.43 Å². The molecule has 4 rings (SSSR count). The van der Waals surface area contributed by atoms with E-state index in [1.165, 1.54) is 25.4 Å². The van der Waals surface area contributed by atoms with E-state index >= 15 is 0 Å². The standard InChI is InChI=1S/C24H17F3N2O2/c1-15(30)20-14-29(21-10-5-11-28-22(21)23(20)31)13-17-6-2-3-9-19(17)16-7-4-8-18(12-16)24(25,26)27/h2-12,14H,13H2,1H3. The van der Waals surface area contributed by atoms with Gasteiger partial charge in [-0.25, -0.2) is 0 Å². The van der Waals surface area contributed by atoms with Gasteiger partial charge < -0.3 is 4.57 Å². The van der Waals surface area contributed by atoms with E-state index in [2.05, 4.69) is 4.98 Å². The summed E-state index contributed by atoms with van der Waals surface area (Å²) in [6.07, 6.45) is -1.48. The number of rotatable bonds is 4. The molecule has 0 aliphatic carbocycles. The number of pyridine rings is 2. The lowest BCUT2D eigenvalue weighted by Crippen LogP contribution is -2.19. The van der Waals surface area contributed by atoms with Crippen molar-refractivity contribution in [1.82, 2.24) is 9.55 Å². The van der Waals surface area contributed by atoms with Crippen molar-refractivity contribution in [3.8, 4) is 11.1 Å². The van der Waals surface area contributed by atoms with Crippen LogP contribution in [0.2, 0.25) is 0 Å². The van der Waals surface area contributed by atoms with Crippen LogP contribution in [0.4, 0.5) is 13.2 Å². The average Bonchev–Trinajstić information content (AvgIpc) is 2.75. The molecule has 0 N–H and O–H groups in total. The summed E-state index contributed by atoms with van der Waals surface area (Å²) >= 11 is 0. The fourth-order valence-electron chi connectivity index (χ4n) is 3.58. The van der Waals surface area contributed by atoms with Crippen molar-refractivity contribution in [1.29, 1.82) is 0 Å². The van der Waals surface area contributed by atoms with E-state index in [1.54, 1.807) is 41.0 Å². The van der Waals surface area contributed by atoms with Gasteiger partial charge in [-0.05, 0) is 47.9 Å². The molecule has 2 aromatic heterocycles. The monoisotopic (exact) mass is 422 g/mol. The maximum Gasteiger partial charge on any atom is 0.416 e. The van der Waals surface area contributed by atoms with Crippen LogP contribution in [0.3, 0.4) is 0 Å². The molecular formula is C24H17F3N2O2. The van der Waals surface area contributed by atoms with Crippen molar-refractivity contribution in [3.05, 3.63) is 100.0 Å². The number of fused-ring (bicyclic) bond motifs is 1. The Morgan fingerprint density at radius 3 is 2.55 bits per heavy atom. The van der Waals surface area contributed by atoms with Crippen LogP contribution in [0.25, 0.3) is 22.2 Å². The number of hydrogen-bond donors (Lipinski definition) is 0. The largest absolute Gasteiger partial charge is 0.416 e. The highest BCUT2D eigenvalue weighted by atomic mass is 19.4. The molecule has 0 unspecified atom stereocenters. The fraction of sp³-hybridized carbons (Fsp3) is 0.125. The number of hydrogen-bond acceptors (Lipinski definition) is 3. The van der Waals surface area contributed by atoms with Gasteiger partial charge in [-0.1, -0.05) is 36.4 Å². The molecule has 0 saturated carbocycles. The van der Waals surface area contributed by atoms with Gasteiger partial charge in [0.25, 0.3) is 0 Å². The zero-order valence-corrected chi connectivity index (χ0v) is 16.5. The number of benzene rings is 2. The van der Waals surface area contributed by atoms with Crippen LogP contribution in [0.5, 0.6) is 0 Å². The second kappa shape index (κ2) is 7.83. The number of Topliss-reactive ketones (excluding diaryl/α,β-unsaturated/α-hetero) is 1. The number of carbonyl (C=O) groups is 1. The van der Waals surface area contributed by atoms with Gasteiger partial charge in [-0.3, -0.25) is 14.6 Å². The second-order valence-electron chi connectivity index (χ2n) is 7.16. The highest BCUT2D eigenvalue weighted by molar-refractivity contribution is 5.96. The molecule has 0 aliphatic heterocycles. The Bertz CT molecular complexity index is 1360. The fourth-order valence-corrected chi connectivity index (χ4v) is 3.58. The smallest absolute Gasteiger partial charge is 0.341 e. The van der Waals surface area contributed by atoms with Gasteiger partial charge in [0.15, 0.2) is 5.78 Å². The maximum atomic E-state index is 13.2. The summed E-state index contributed by atoms with van der Waals surface area (Å²) in [5.41, 5.74) is 1.37. The molecule has 0 radical (unpaired) electrons. The zero-order valence-electron chi connectivity index (χ0n) is 16.5. The summed E-state index contributed by atoms with van der Waals surface area (Å²) in [4.78, 5) is 28.7. The van der Waals surface area contributed by atoms with Crippen molar-refractivity contribution < 1.29 is 18.0 Å². The van der Waals surface area contributed by atoms with E-state index in [0.717, 1.165) is 17.7 Å². The minimum absolute atomic E-state index is 0.0164. The molecule has 156 valence electrons. The lowest BCUT2D eigenvalue weighted by molar-refractivity contribution is -0.137. The Balaban J connectivity index is 1.87. The first-order chi connectivity index (χ1) is 14.8. The van der Waals surface area contributed by atoms with Crippen LogP contribution in [-0.2, 0) is 12.7 Å². The molecule has 4 nitrogen and oxygen atoms in total. The quantitative estimate of drug-likeness (QED) is 0.418. The van der Waals surface area contributed by atoms with Crippen LogP contribution in [0.15, 0.2) is 77.9 Å². The van der Waals surface area contributed by atoms with Gasteiger partial charge in [0.2, 0.25) is 5.43 Å². The topological polar surface area (TPSA) is 52.0 Å². The highest BCUT2D eigenvalue weighted by Gasteiger charge is 2.30. The summed E-state index contributed by atoms with van der Waals surface area (Å²) in [5.74, 6) is -0.377. The number of alkyl halides is 3. The predicted octanol–water partition coefficient (Wildman–Crippen LogP) is 5.33. The summed E-state index contributed by atoms with van der Waals surface area (Å²) in [7, 11) is 0. The van der Waals surface area contributed by atoms with Gasteiger partial charge >= 0.3 is 6.18 Å². The van der Waals surface area contributed by atoms with Gasteiger partial charge in [0.05, 0.1) is 16.6 Å².